The van der Waals surface area contributed by atoms with Crippen LogP contribution in [0.5, 0.6) is 0 Å². The number of rotatable bonds is 3. The molecule has 1 aromatic rings. The Bertz CT molecular complexity index is 360. The van der Waals surface area contributed by atoms with Gasteiger partial charge in [-0.05, 0) is 12.1 Å². The van der Waals surface area contributed by atoms with Crippen molar-refractivity contribution in [3.63, 3.8) is 0 Å². The maximum atomic E-state index is 12.4. The van der Waals surface area contributed by atoms with Crippen LogP contribution in [0.1, 0.15) is 23.4 Å². The number of hydrogen-bond donors (Lipinski definition) is 0. The molecule has 0 saturated carbocycles. The Kier molecular flexibility index (Phi) is 3.78. The summed E-state index contributed by atoms with van der Waals surface area (Å²) >= 11 is 5.47. The van der Waals surface area contributed by atoms with Gasteiger partial charge in [0.25, 0.3) is 6.43 Å². The standard InChI is InChI=1S/C9H7ClF2N2/c10-5-8-7(9(11)12)2-1-6(14-8)3-4-13/h1-2,9H,3,5H2. The zero-order valence-electron chi connectivity index (χ0n) is 7.17. The Labute approximate surface area is 85.1 Å². The van der Waals surface area contributed by atoms with E-state index >= 15 is 0 Å². The highest BCUT2D eigenvalue weighted by Gasteiger charge is 2.13. The van der Waals surface area contributed by atoms with E-state index in [-0.39, 0.29) is 23.6 Å². The first kappa shape index (κ1) is 10.9. The van der Waals surface area contributed by atoms with Crippen molar-refractivity contribution in [1.82, 2.24) is 4.98 Å². The minimum absolute atomic E-state index is 0.0705. The first-order valence-corrected chi connectivity index (χ1v) is 4.42. The third-order valence-corrected chi connectivity index (χ3v) is 1.94. The molecule has 5 heteroatoms. The summed E-state index contributed by atoms with van der Waals surface area (Å²) in [6, 6.07) is 4.57. The summed E-state index contributed by atoms with van der Waals surface area (Å²) in [7, 11) is 0. The Hall–Kier alpha value is -1.21. The zero-order chi connectivity index (χ0) is 10.6. The lowest BCUT2D eigenvalue weighted by atomic mass is 10.1. The van der Waals surface area contributed by atoms with Crippen molar-refractivity contribution in [2.45, 2.75) is 18.7 Å². The average Bonchev–Trinajstić information content (AvgIpc) is 2.17. The first-order chi connectivity index (χ1) is 6.69. The van der Waals surface area contributed by atoms with Gasteiger partial charge < -0.3 is 0 Å². The molecule has 14 heavy (non-hydrogen) atoms. The lowest BCUT2D eigenvalue weighted by molar-refractivity contribution is 0.150. The summed E-state index contributed by atoms with van der Waals surface area (Å²) in [6.45, 7) is 0. The average molecular weight is 217 g/mol. The van der Waals surface area contributed by atoms with E-state index in [1.54, 1.807) is 0 Å². The third kappa shape index (κ3) is 2.39. The molecule has 0 N–H and O–H groups in total. The summed E-state index contributed by atoms with van der Waals surface area (Å²) in [6.07, 6.45) is -2.47. The Morgan fingerprint density at radius 3 is 2.71 bits per heavy atom. The van der Waals surface area contributed by atoms with Gasteiger partial charge in [0.2, 0.25) is 0 Å². The highest BCUT2D eigenvalue weighted by molar-refractivity contribution is 6.17. The molecular formula is C9H7ClF2N2. The van der Waals surface area contributed by atoms with E-state index < -0.39 is 6.43 Å². The highest BCUT2D eigenvalue weighted by atomic mass is 35.5. The van der Waals surface area contributed by atoms with Gasteiger partial charge in [-0.3, -0.25) is 4.98 Å². The maximum Gasteiger partial charge on any atom is 0.265 e. The van der Waals surface area contributed by atoms with Crippen LogP contribution < -0.4 is 0 Å². The first-order valence-electron chi connectivity index (χ1n) is 3.88. The molecule has 0 fully saturated rings. The predicted molar refractivity (Wildman–Crippen MR) is 48.1 cm³/mol. The molecule has 0 amide bonds. The molecule has 0 aliphatic rings. The molecule has 0 spiro atoms. The Morgan fingerprint density at radius 1 is 1.50 bits per heavy atom. The fourth-order valence-electron chi connectivity index (χ4n) is 1.04. The number of nitrogens with zero attached hydrogens (tertiary/aromatic N) is 2. The van der Waals surface area contributed by atoms with Crippen LogP contribution in [0, 0.1) is 11.3 Å². The largest absolute Gasteiger partial charge is 0.265 e. The van der Waals surface area contributed by atoms with Crippen LogP contribution in [0.15, 0.2) is 12.1 Å². The van der Waals surface area contributed by atoms with E-state index in [2.05, 4.69) is 4.98 Å². The number of aromatic nitrogens is 1. The van der Waals surface area contributed by atoms with E-state index in [1.807, 2.05) is 6.07 Å². The topological polar surface area (TPSA) is 36.7 Å². The van der Waals surface area contributed by atoms with Crippen molar-refractivity contribution in [1.29, 1.82) is 5.26 Å². The van der Waals surface area contributed by atoms with Gasteiger partial charge >= 0.3 is 0 Å². The van der Waals surface area contributed by atoms with Crippen molar-refractivity contribution in [2.24, 2.45) is 0 Å². The Morgan fingerprint density at radius 2 is 2.21 bits per heavy atom. The minimum atomic E-state index is -2.58. The predicted octanol–water partition coefficient (Wildman–Crippen LogP) is 2.82. The molecule has 0 atom stereocenters. The van der Waals surface area contributed by atoms with E-state index in [4.69, 9.17) is 16.9 Å². The molecule has 2 nitrogen and oxygen atoms in total. The molecule has 0 aliphatic heterocycles. The Balaban J connectivity index is 3.06. The quantitative estimate of drug-likeness (QED) is 0.729. The zero-order valence-corrected chi connectivity index (χ0v) is 7.93. The van der Waals surface area contributed by atoms with E-state index in [9.17, 15) is 8.78 Å². The van der Waals surface area contributed by atoms with Crippen LogP contribution in [-0.2, 0) is 12.3 Å². The number of nitriles is 1. The van der Waals surface area contributed by atoms with Gasteiger partial charge in [0.1, 0.15) is 0 Å². The van der Waals surface area contributed by atoms with E-state index in [0.717, 1.165) is 0 Å². The number of hydrogen-bond acceptors (Lipinski definition) is 2. The summed E-state index contributed by atoms with van der Waals surface area (Å²) in [5, 5.41) is 8.39. The van der Waals surface area contributed by atoms with Crippen molar-refractivity contribution >= 4 is 11.6 Å². The van der Waals surface area contributed by atoms with Crippen LogP contribution in [0.4, 0.5) is 8.78 Å². The summed E-state index contributed by atoms with van der Waals surface area (Å²) < 4.78 is 24.7. The second-order valence-electron chi connectivity index (χ2n) is 2.61. The molecule has 0 radical (unpaired) electrons. The molecular weight excluding hydrogens is 210 g/mol. The van der Waals surface area contributed by atoms with E-state index in [1.165, 1.54) is 12.1 Å². The van der Waals surface area contributed by atoms with Crippen LogP contribution >= 0.6 is 11.6 Å². The molecule has 1 heterocycles. The van der Waals surface area contributed by atoms with Crippen molar-refractivity contribution < 1.29 is 8.78 Å². The molecule has 0 bridgehead atoms. The lowest BCUT2D eigenvalue weighted by Gasteiger charge is -2.06. The summed E-state index contributed by atoms with van der Waals surface area (Å²) in [5.41, 5.74) is 0.448. The molecule has 74 valence electrons. The van der Waals surface area contributed by atoms with Gasteiger partial charge in [-0.15, -0.1) is 11.6 Å². The number of pyridine rings is 1. The van der Waals surface area contributed by atoms with Gasteiger partial charge in [-0.2, -0.15) is 5.26 Å². The number of alkyl halides is 3. The maximum absolute atomic E-state index is 12.4. The molecule has 0 saturated heterocycles. The minimum Gasteiger partial charge on any atom is -0.255 e. The molecule has 0 aliphatic carbocycles. The lowest BCUT2D eigenvalue weighted by Crippen LogP contribution is -1.99. The van der Waals surface area contributed by atoms with Crippen molar-refractivity contribution in [2.75, 3.05) is 0 Å². The van der Waals surface area contributed by atoms with E-state index in [0.29, 0.717) is 5.69 Å². The molecule has 1 aromatic heterocycles. The van der Waals surface area contributed by atoms with Crippen LogP contribution in [0.25, 0.3) is 0 Å². The fraction of sp³-hybridized carbons (Fsp3) is 0.333. The highest BCUT2D eigenvalue weighted by Crippen LogP contribution is 2.23. The normalized spacial score (nSPS) is 10.2. The van der Waals surface area contributed by atoms with Crippen molar-refractivity contribution in [3.05, 3.63) is 29.1 Å². The summed E-state index contributed by atoms with van der Waals surface area (Å²) in [4.78, 5) is 3.87. The van der Waals surface area contributed by atoms with Gasteiger partial charge in [0, 0.05) is 5.56 Å². The van der Waals surface area contributed by atoms with Crippen molar-refractivity contribution in [3.8, 4) is 6.07 Å². The monoisotopic (exact) mass is 216 g/mol. The summed E-state index contributed by atoms with van der Waals surface area (Å²) in [5.74, 6) is -0.0705. The smallest absolute Gasteiger partial charge is 0.255 e. The SMILES string of the molecule is N#CCc1ccc(C(F)F)c(CCl)n1. The van der Waals surface area contributed by atoms with Gasteiger partial charge in [0.15, 0.2) is 0 Å². The van der Waals surface area contributed by atoms with Gasteiger partial charge in [-0.25, -0.2) is 8.78 Å². The number of halogens is 3. The van der Waals surface area contributed by atoms with Gasteiger partial charge in [-0.1, -0.05) is 0 Å². The fourth-order valence-corrected chi connectivity index (χ4v) is 1.26. The molecule has 1 rings (SSSR count). The third-order valence-electron chi connectivity index (χ3n) is 1.69. The second-order valence-corrected chi connectivity index (χ2v) is 2.87. The second kappa shape index (κ2) is 4.87. The van der Waals surface area contributed by atoms with Crippen LogP contribution in [0.2, 0.25) is 0 Å². The molecule has 0 unspecified atom stereocenters. The van der Waals surface area contributed by atoms with Gasteiger partial charge in [0.05, 0.1) is 29.8 Å². The van der Waals surface area contributed by atoms with Crippen LogP contribution in [-0.4, -0.2) is 4.98 Å². The van der Waals surface area contributed by atoms with Crippen LogP contribution in [0.3, 0.4) is 0 Å². The molecule has 0 aromatic carbocycles.